The number of sulfonamides is 1. The van der Waals surface area contributed by atoms with Gasteiger partial charge in [-0.05, 0) is 54.7 Å². The van der Waals surface area contributed by atoms with Gasteiger partial charge in [-0.25, -0.2) is 13.2 Å². The number of hydrogen-bond donors (Lipinski definition) is 1. The van der Waals surface area contributed by atoms with Crippen LogP contribution in [-0.4, -0.2) is 33.9 Å². The van der Waals surface area contributed by atoms with Gasteiger partial charge in [-0.15, -0.1) is 0 Å². The van der Waals surface area contributed by atoms with E-state index >= 15 is 0 Å². The van der Waals surface area contributed by atoms with Crippen molar-refractivity contribution < 1.29 is 22.7 Å². The number of para-hydroxylation sites is 1. The van der Waals surface area contributed by atoms with E-state index in [1.807, 2.05) is 18.2 Å². The molecule has 1 N–H and O–H groups in total. The maximum atomic E-state index is 13.2. The first-order chi connectivity index (χ1) is 16.4. The van der Waals surface area contributed by atoms with Gasteiger partial charge in [0.25, 0.3) is 15.9 Å². The first kappa shape index (κ1) is 23.5. The number of rotatable bonds is 7. The van der Waals surface area contributed by atoms with E-state index in [0.717, 1.165) is 29.1 Å². The molecular formula is C26H26N2O5S. The van der Waals surface area contributed by atoms with Crippen molar-refractivity contribution in [2.45, 2.75) is 30.2 Å². The van der Waals surface area contributed by atoms with E-state index in [0.29, 0.717) is 5.69 Å². The molecule has 7 nitrogen and oxygen atoms in total. The van der Waals surface area contributed by atoms with Gasteiger partial charge in [-0.3, -0.25) is 9.10 Å². The van der Waals surface area contributed by atoms with E-state index in [2.05, 4.69) is 11.4 Å². The van der Waals surface area contributed by atoms with Gasteiger partial charge in [0.2, 0.25) is 0 Å². The number of hydrogen-bond acceptors (Lipinski definition) is 5. The summed E-state index contributed by atoms with van der Waals surface area (Å²) in [5.74, 6) is -1.31. The van der Waals surface area contributed by atoms with Crippen molar-refractivity contribution in [3.63, 3.8) is 0 Å². The Bertz CT molecular complexity index is 1290. The van der Waals surface area contributed by atoms with Crippen LogP contribution in [0.2, 0.25) is 0 Å². The van der Waals surface area contributed by atoms with Gasteiger partial charge >= 0.3 is 5.97 Å². The van der Waals surface area contributed by atoms with Crippen LogP contribution < -0.4 is 9.62 Å². The lowest BCUT2D eigenvalue weighted by atomic mass is 9.88. The molecule has 0 saturated carbocycles. The molecule has 176 valence electrons. The van der Waals surface area contributed by atoms with Crippen molar-refractivity contribution in [1.82, 2.24) is 5.32 Å². The molecule has 0 saturated heterocycles. The molecule has 3 aromatic carbocycles. The van der Waals surface area contributed by atoms with Crippen molar-refractivity contribution >= 4 is 27.6 Å². The molecule has 0 aliphatic heterocycles. The zero-order valence-electron chi connectivity index (χ0n) is 18.8. The summed E-state index contributed by atoms with van der Waals surface area (Å²) in [4.78, 5) is 25.1. The maximum absolute atomic E-state index is 13.2. The Morgan fingerprint density at radius 1 is 0.971 bits per heavy atom. The summed E-state index contributed by atoms with van der Waals surface area (Å²) in [6, 6.07) is 22.2. The molecular weight excluding hydrogens is 452 g/mol. The smallest absolute Gasteiger partial charge is 0.340 e. The molecule has 8 heteroatoms. The van der Waals surface area contributed by atoms with Crippen LogP contribution in [0, 0.1) is 0 Å². The Balaban J connectivity index is 1.45. The highest BCUT2D eigenvalue weighted by molar-refractivity contribution is 7.92. The van der Waals surface area contributed by atoms with Crippen LogP contribution in [0.3, 0.4) is 0 Å². The Labute approximate surface area is 199 Å². The average molecular weight is 479 g/mol. The summed E-state index contributed by atoms with van der Waals surface area (Å²) in [7, 11) is -2.61. The van der Waals surface area contributed by atoms with Crippen molar-refractivity contribution in [1.29, 1.82) is 0 Å². The van der Waals surface area contributed by atoms with Crippen LogP contribution in [0.1, 0.15) is 40.4 Å². The molecule has 0 unspecified atom stereocenters. The number of nitrogens with zero attached hydrogens (tertiary/aromatic N) is 1. The number of aryl methyl sites for hydroxylation is 1. The summed E-state index contributed by atoms with van der Waals surface area (Å²) in [5.41, 5.74) is 2.62. The van der Waals surface area contributed by atoms with Gasteiger partial charge in [0.15, 0.2) is 6.61 Å². The number of ether oxygens (including phenoxy) is 1. The molecule has 1 aliphatic carbocycles. The van der Waals surface area contributed by atoms with Crippen LogP contribution in [-0.2, 0) is 26.0 Å². The number of nitrogens with one attached hydrogen (secondary N) is 1. The highest BCUT2D eigenvalue weighted by atomic mass is 32.2. The predicted octanol–water partition coefficient (Wildman–Crippen LogP) is 3.86. The molecule has 0 fully saturated rings. The fourth-order valence-electron chi connectivity index (χ4n) is 4.13. The summed E-state index contributed by atoms with van der Waals surface area (Å²) in [6.07, 6.45) is 2.74. The summed E-state index contributed by atoms with van der Waals surface area (Å²) in [6.45, 7) is -0.500. The molecule has 3 aromatic rings. The molecule has 1 amide bonds. The number of esters is 1. The maximum Gasteiger partial charge on any atom is 0.340 e. The largest absolute Gasteiger partial charge is 0.452 e. The first-order valence-corrected chi connectivity index (χ1v) is 12.5. The van der Waals surface area contributed by atoms with Crippen LogP contribution in [0.25, 0.3) is 0 Å². The number of benzene rings is 3. The molecule has 34 heavy (non-hydrogen) atoms. The van der Waals surface area contributed by atoms with Crippen molar-refractivity contribution in [2.24, 2.45) is 0 Å². The topological polar surface area (TPSA) is 92.8 Å². The van der Waals surface area contributed by atoms with Gasteiger partial charge in [0, 0.05) is 7.05 Å². The van der Waals surface area contributed by atoms with E-state index in [4.69, 9.17) is 4.74 Å². The van der Waals surface area contributed by atoms with Gasteiger partial charge < -0.3 is 10.1 Å². The Hall–Kier alpha value is -3.65. The predicted molar refractivity (Wildman–Crippen MR) is 129 cm³/mol. The molecule has 0 bridgehead atoms. The lowest BCUT2D eigenvalue weighted by Gasteiger charge is -2.26. The lowest BCUT2D eigenvalue weighted by molar-refractivity contribution is -0.125. The number of fused-ring (bicyclic) bond motifs is 1. The van der Waals surface area contributed by atoms with Gasteiger partial charge in [0.05, 0.1) is 17.3 Å². The van der Waals surface area contributed by atoms with Crippen LogP contribution in [0.5, 0.6) is 0 Å². The van der Waals surface area contributed by atoms with Crippen LogP contribution in [0.4, 0.5) is 5.69 Å². The Morgan fingerprint density at radius 3 is 2.44 bits per heavy atom. The second kappa shape index (κ2) is 10.1. The van der Waals surface area contributed by atoms with Gasteiger partial charge in [0.1, 0.15) is 4.90 Å². The minimum atomic E-state index is -4.03. The molecule has 0 spiro atoms. The van der Waals surface area contributed by atoms with Gasteiger partial charge in [-0.1, -0.05) is 54.6 Å². The number of carbonyl (C=O) groups is 2. The fraction of sp³-hybridized carbons (Fsp3) is 0.231. The molecule has 0 aromatic heterocycles. The van der Waals surface area contributed by atoms with Crippen LogP contribution in [0.15, 0.2) is 83.8 Å². The normalized spacial score (nSPS) is 15.1. The average Bonchev–Trinajstić information content (AvgIpc) is 2.87. The van der Waals surface area contributed by atoms with E-state index in [-0.39, 0.29) is 16.5 Å². The third-order valence-corrected chi connectivity index (χ3v) is 7.75. The summed E-state index contributed by atoms with van der Waals surface area (Å²) >= 11 is 0. The Morgan fingerprint density at radius 2 is 1.65 bits per heavy atom. The van der Waals surface area contributed by atoms with Crippen molar-refractivity contribution in [3.8, 4) is 0 Å². The quantitative estimate of drug-likeness (QED) is 0.521. The molecule has 0 heterocycles. The van der Waals surface area contributed by atoms with E-state index < -0.39 is 28.5 Å². The third-order valence-electron chi connectivity index (χ3n) is 5.90. The summed E-state index contributed by atoms with van der Waals surface area (Å²) < 4.78 is 32.7. The zero-order valence-corrected chi connectivity index (χ0v) is 19.6. The standard InChI is InChI=1S/C26H26N2O5S/c1-28(20-12-3-2-4-13-20)34(31,32)24-17-8-7-15-22(24)26(30)33-18-25(29)27-23-16-9-11-19-10-5-6-14-21(19)23/h2-8,10,12-15,17,23H,9,11,16,18H2,1H3,(H,27,29)/t23-/m1/s1. The SMILES string of the molecule is CN(c1ccccc1)S(=O)(=O)c1ccccc1C(=O)OCC(=O)N[C@@H]1CCCc2ccccc21. The Kier molecular flexibility index (Phi) is 6.98. The molecule has 0 radical (unpaired) electrons. The van der Waals surface area contributed by atoms with Gasteiger partial charge in [-0.2, -0.15) is 0 Å². The monoisotopic (exact) mass is 478 g/mol. The highest BCUT2D eigenvalue weighted by Crippen LogP contribution is 2.29. The minimum absolute atomic E-state index is 0.124. The fourth-order valence-corrected chi connectivity index (χ4v) is 5.51. The molecule has 1 aliphatic rings. The minimum Gasteiger partial charge on any atom is -0.452 e. The third kappa shape index (κ3) is 4.97. The highest BCUT2D eigenvalue weighted by Gasteiger charge is 2.28. The first-order valence-electron chi connectivity index (χ1n) is 11.0. The van der Waals surface area contributed by atoms with E-state index in [1.165, 1.54) is 30.8 Å². The number of carbonyl (C=O) groups excluding carboxylic acids is 2. The molecule has 4 rings (SSSR count). The van der Waals surface area contributed by atoms with Crippen molar-refractivity contribution in [2.75, 3.05) is 18.0 Å². The molecule has 1 atom stereocenters. The van der Waals surface area contributed by atoms with Crippen molar-refractivity contribution in [3.05, 3.63) is 95.6 Å². The second-order valence-electron chi connectivity index (χ2n) is 8.09. The summed E-state index contributed by atoms with van der Waals surface area (Å²) in [5, 5.41) is 2.92. The number of anilines is 1. The second-order valence-corrected chi connectivity index (χ2v) is 10.0. The lowest BCUT2D eigenvalue weighted by Crippen LogP contribution is -2.34. The zero-order chi connectivity index (χ0) is 24.1. The number of amides is 1. The van der Waals surface area contributed by atoms with Crippen LogP contribution >= 0.6 is 0 Å². The van der Waals surface area contributed by atoms with E-state index in [1.54, 1.807) is 36.4 Å². The van der Waals surface area contributed by atoms with E-state index in [9.17, 15) is 18.0 Å².